The van der Waals surface area contributed by atoms with Crippen LogP contribution >= 0.6 is 0 Å². The van der Waals surface area contributed by atoms with E-state index in [1.807, 2.05) is 61.0 Å². The second-order valence-corrected chi connectivity index (χ2v) is 5.46. The van der Waals surface area contributed by atoms with Crippen molar-refractivity contribution < 1.29 is 9.47 Å². The van der Waals surface area contributed by atoms with Crippen LogP contribution in [0.3, 0.4) is 0 Å². The Balaban J connectivity index is 2.15. The molecule has 0 aliphatic heterocycles. The van der Waals surface area contributed by atoms with Crippen molar-refractivity contribution in [2.24, 2.45) is 7.05 Å². The summed E-state index contributed by atoms with van der Waals surface area (Å²) in [5.74, 6) is 1.88. The molecule has 0 aliphatic rings. The maximum Gasteiger partial charge on any atom is 0.168 e. The average molecular weight is 333 g/mol. The number of hydrogen-bond acceptors (Lipinski definition) is 4. The molecule has 0 fully saturated rings. The number of hydrogen-bond donors (Lipinski definition) is 0. The van der Waals surface area contributed by atoms with Gasteiger partial charge in [0.1, 0.15) is 6.07 Å². The highest BCUT2D eigenvalue weighted by molar-refractivity contribution is 5.92. The molecular formula is C20H19N3O2. The minimum absolute atomic E-state index is 0.466. The van der Waals surface area contributed by atoms with Crippen molar-refractivity contribution in [1.82, 2.24) is 9.55 Å². The number of fused-ring (bicyclic) bond motifs is 1. The van der Waals surface area contributed by atoms with E-state index in [1.54, 1.807) is 13.2 Å². The lowest BCUT2D eigenvalue weighted by atomic mass is 10.1. The molecule has 0 amide bonds. The lowest BCUT2D eigenvalue weighted by Gasteiger charge is -2.12. The van der Waals surface area contributed by atoms with E-state index in [2.05, 4.69) is 11.1 Å². The fourth-order valence-corrected chi connectivity index (χ4v) is 2.79. The summed E-state index contributed by atoms with van der Waals surface area (Å²) in [5, 5.41) is 9.69. The molecular weight excluding hydrogens is 314 g/mol. The van der Waals surface area contributed by atoms with Crippen molar-refractivity contribution in [3.05, 3.63) is 53.9 Å². The zero-order valence-electron chi connectivity index (χ0n) is 14.5. The second kappa shape index (κ2) is 7.10. The molecule has 126 valence electrons. The van der Waals surface area contributed by atoms with Gasteiger partial charge in [-0.15, -0.1) is 0 Å². The second-order valence-electron chi connectivity index (χ2n) is 5.46. The van der Waals surface area contributed by atoms with Gasteiger partial charge in [-0.1, -0.05) is 24.3 Å². The molecule has 0 unspecified atom stereocenters. The fraction of sp³-hybridized carbons (Fsp3) is 0.200. The first-order valence-electron chi connectivity index (χ1n) is 8.03. The van der Waals surface area contributed by atoms with E-state index in [9.17, 15) is 5.26 Å². The normalized spacial score (nSPS) is 11.4. The molecule has 1 aromatic heterocycles. The monoisotopic (exact) mass is 333 g/mol. The molecule has 0 saturated heterocycles. The van der Waals surface area contributed by atoms with E-state index in [1.165, 1.54) is 0 Å². The third kappa shape index (κ3) is 3.07. The van der Waals surface area contributed by atoms with Crippen LogP contribution in [-0.4, -0.2) is 23.3 Å². The molecule has 0 radical (unpaired) electrons. The van der Waals surface area contributed by atoms with Gasteiger partial charge in [-0.3, -0.25) is 0 Å². The summed E-state index contributed by atoms with van der Waals surface area (Å²) in [6.45, 7) is 2.42. The van der Waals surface area contributed by atoms with Crippen LogP contribution in [0.2, 0.25) is 0 Å². The van der Waals surface area contributed by atoms with Gasteiger partial charge < -0.3 is 14.0 Å². The van der Waals surface area contributed by atoms with Gasteiger partial charge in [-0.05, 0) is 31.2 Å². The highest BCUT2D eigenvalue weighted by Gasteiger charge is 2.14. The first-order valence-corrected chi connectivity index (χ1v) is 8.03. The van der Waals surface area contributed by atoms with Crippen LogP contribution < -0.4 is 9.47 Å². The highest BCUT2D eigenvalue weighted by Crippen LogP contribution is 2.34. The van der Waals surface area contributed by atoms with E-state index in [0.717, 1.165) is 16.6 Å². The first kappa shape index (κ1) is 16.6. The van der Waals surface area contributed by atoms with E-state index in [-0.39, 0.29) is 0 Å². The van der Waals surface area contributed by atoms with Gasteiger partial charge in [0.15, 0.2) is 17.3 Å². The van der Waals surface area contributed by atoms with Crippen LogP contribution in [-0.2, 0) is 7.05 Å². The Kier molecular flexibility index (Phi) is 4.71. The van der Waals surface area contributed by atoms with Gasteiger partial charge >= 0.3 is 0 Å². The molecule has 3 rings (SSSR count). The number of ether oxygens (including phenoxy) is 2. The Morgan fingerprint density at radius 3 is 2.72 bits per heavy atom. The molecule has 2 aromatic carbocycles. The summed E-state index contributed by atoms with van der Waals surface area (Å²) in [6.07, 6.45) is 1.79. The number of rotatable bonds is 5. The topological polar surface area (TPSA) is 60.1 Å². The Bertz CT molecular complexity index is 980. The maximum atomic E-state index is 9.69. The van der Waals surface area contributed by atoms with Crippen molar-refractivity contribution in [1.29, 1.82) is 5.26 Å². The Morgan fingerprint density at radius 2 is 2.04 bits per heavy atom. The molecule has 25 heavy (non-hydrogen) atoms. The molecule has 0 aliphatic carbocycles. The SMILES string of the molecule is CCOc1c(/C=C(/C#N)c2nc3ccccc3n2C)cccc1OC. The number of aryl methyl sites for hydroxylation is 1. The molecule has 0 bridgehead atoms. The zero-order chi connectivity index (χ0) is 17.8. The predicted molar refractivity (Wildman–Crippen MR) is 98.4 cm³/mol. The Hall–Kier alpha value is -3.26. The minimum Gasteiger partial charge on any atom is -0.493 e. The number of allylic oxidation sites excluding steroid dienone is 1. The number of benzene rings is 2. The van der Waals surface area contributed by atoms with Crippen LogP contribution in [0.15, 0.2) is 42.5 Å². The van der Waals surface area contributed by atoms with Crippen molar-refractivity contribution in [3.8, 4) is 17.6 Å². The van der Waals surface area contributed by atoms with Crippen molar-refractivity contribution in [3.63, 3.8) is 0 Å². The molecule has 5 heteroatoms. The van der Waals surface area contributed by atoms with Crippen molar-refractivity contribution in [2.75, 3.05) is 13.7 Å². The first-order chi connectivity index (χ1) is 12.2. The number of imidazole rings is 1. The van der Waals surface area contributed by atoms with Crippen LogP contribution in [0.1, 0.15) is 18.3 Å². The average Bonchev–Trinajstić information content (AvgIpc) is 2.98. The summed E-state index contributed by atoms with van der Waals surface area (Å²) in [5.41, 5.74) is 3.09. The van der Waals surface area contributed by atoms with Crippen LogP contribution in [0.5, 0.6) is 11.5 Å². The number of nitriles is 1. The van der Waals surface area contributed by atoms with Crippen LogP contribution in [0, 0.1) is 11.3 Å². The lowest BCUT2D eigenvalue weighted by Crippen LogP contribution is -1.99. The van der Waals surface area contributed by atoms with Gasteiger partial charge in [0.2, 0.25) is 0 Å². The zero-order valence-corrected chi connectivity index (χ0v) is 14.5. The molecule has 0 N–H and O–H groups in total. The summed E-state index contributed by atoms with van der Waals surface area (Å²) in [7, 11) is 3.51. The number of aromatic nitrogens is 2. The summed E-state index contributed by atoms with van der Waals surface area (Å²) in [6, 6.07) is 15.7. The van der Waals surface area contributed by atoms with Crippen LogP contribution in [0.4, 0.5) is 0 Å². The van der Waals surface area contributed by atoms with E-state index in [4.69, 9.17) is 9.47 Å². The third-order valence-electron chi connectivity index (χ3n) is 3.97. The van der Waals surface area contributed by atoms with Crippen LogP contribution in [0.25, 0.3) is 22.7 Å². The Morgan fingerprint density at radius 1 is 1.24 bits per heavy atom. The molecule has 0 atom stereocenters. The van der Waals surface area contributed by atoms with E-state index in [0.29, 0.717) is 29.5 Å². The van der Waals surface area contributed by atoms with Gasteiger partial charge in [0.25, 0.3) is 0 Å². The molecule has 1 heterocycles. The summed E-state index contributed by atoms with van der Waals surface area (Å²) < 4.78 is 13.0. The molecule has 5 nitrogen and oxygen atoms in total. The summed E-state index contributed by atoms with van der Waals surface area (Å²) in [4.78, 5) is 4.60. The number of methoxy groups -OCH3 is 1. The smallest absolute Gasteiger partial charge is 0.168 e. The number of para-hydroxylation sites is 3. The van der Waals surface area contributed by atoms with Crippen molar-refractivity contribution >= 4 is 22.7 Å². The third-order valence-corrected chi connectivity index (χ3v) is 3.97. The molecule has 0 saturated carbocycles. The quantitative estimate of drug-likeness (QED) is 0.661. The van der Waals surface area contributed by atoms with Gasteiger partial charge in [-0.2, -0.15) is 5.26 Å². The fourth-order valence-electron chi connectivity index (χ4n) is 2.79. The van der Waals surface area contributed by atoms with Gasteiger partial charge in [0.05, 0.1) is 30.3 Å². The van der Waals surface area contributed by atoms with E-state index < -0.39 is 0 Å². The Labute approximate surface area is 146 Å². The standard InChI is InChI=1S/C20H19N3O2/c1-4-25-19-14(8-7-11-18(19)24-3)12-15(13-21)20-22-16-9-5-6-10-17(16)23(20)2/h5-12H,4H2,1-3H3/b15-12-. The highest BCUT2D eigenvalue weighted by atomic mass is 16.5. The van der Waals surface area contributed by atoms with Gasteiger partial charge in [0, 0.05) is 12.6 Å². The summed E-state index contributed by atoms with van der Waals surface area (Å²) >= 11 is 0. The molecule has 3 aromatic rings. The van der Waals surface area contributed by atoms with E-state index >= 15 is 0 Å². The number of nitrogens with zero attached hydrogens (tertiary/aromatic N) is 3. The molecule has 0 spiro atoms. The maximum absolute atomic E-state index is 9.69. The lowest BCUT2D eigenvalue weighted by molar-refractivity contribution is 0.310. The largest absolute Gasteiger partial charge is 0.493 e. The predicted octanol–water partition coefficient (Wildman–Crippen LogP) is 4.04. The van der Waals surface area contributed by atoms with Gasteiger partial charge in [-0.25, -0.2) is 4.98 Å². The minimum atomic E-state index is 0.466. The van der Waals surface area contributed by atoms with Crippen molar-refractivity contribution in [2.45, 2.75) is 6.92 Å².